The van der Waals surface area contributed by atoms with Crippen molar-refractivity contribution in [3.8, 4) is 5.75 Å². The van der Waals surface area contributed by atoms with Crippen LogP contribution in [-0.2, 0) is 25.0 Å². The van der Waals surface area contributed by atoms with Gasteiger partial charge in [0, 0.05) is 17.6 Å². The van der Waals surface area contributed by atoms with Crippen molar-refractivity contribution in [1.29, 1.82) is 0 Å². The molecular weight excluding hydrogens is 547 g/mol. The van der Waals surface area contributed by atoms with Crippen LogP contribution in [-0.4, -0.2) is 26.2 Å². The molecule has 7 rings (SSSR count). The third-order valence-electron chi connectivity index (χ3n) is 9.55. The first-order valence-electron chi connectivity index (χ1n) is 15.4. The first kappa shape index (κ1) is 29.2. The molecule has 0 radical (unpaired) electrons. The summed E-state index contributed by atoms with van der Waals surface area (Å²) in [7, 11) is -1.92. The number of carbonyl (C=O) groups excluding carboxylic acids is 1. The van der Waals surface area contributed by atoms with Gasteiger partial charge in [-0.1, -0.05) is 30.3 Å². The van der Waals surface area contributed by atoms with Gasteiger partial charge in [0.1, 0.15) is 5.75 Å². The first-order valence-corrected chi connectivity index (χ1v) is 17.0. The maximum Gasteiger partial charge on any atom is 0.357 e. The molecule has 4 aliphatic carbocycles. The summed E-state index contributed by atoms with van der Waals surface area (Å²) in [6.07, 6.45) is 7.19. The van der Waals surface area contributed by atoms with Crippen molar-refractivity contribution in [3.63, 3.8) is 0 Å². The number of methoxy groups -OCH3 is 1. The Morgan fingerprint density at radius 1 is 0.881 bits per heavy atom. The van der Waals surface area contributed by atoms with Gasteiger partial charge in [0.25, 0.3) is 0 Å². The Hall–Kier alpha value is -2.86. The van der Waals surface area contributed by atoms with Crippen LogP contribution in [0, 0.1) is 23.2 Å². The minimum atomic E-state index is -3.57. The van der Waals surface area contributed by atoms with E-state index >= 15 is 0 Å². The normalized spacial score (nSPS) is 25.4. The quantitative estimate of drug-likeness (QED) is 0.208. The largest absolute Gasteiger partial charge is 0.497 e. The molecule has 0 spiro atoms. The molecule has 0 aliphatic heterocycles. The van der Waals surface area contributed by atoms with Crippen molar-refractivity contribution in [2.45, 2.75) is 64.7 Å². The van der Waals surface area contributed by atoms with Gasteiger partial charge in [-0.15, -0.1) is 0 Å². The van der Waals surface area contributed by atoms with Crippen molar-refractivity contribution in [1.82, 2.24) is 5.32 Å². The van der Waals surface area contributed by atoms with E-state index in [-0.39, 0.29) is 24.5 Å². The fraction of sp³-hybridized carbons (Fsp3) is 0.500. The van der Waals surface area contributed by atoms with Crippen LogP contribution in [0.3, 0.4) is 0 Å². The van der Waals surface area contributed by atoms with Crippen molar-refractivity contribution in [3.05, 3.63) is 71.8 Å². The summed E-state index contributed by atoms with van der Waals surface area (Å²) < 4.78 is 31.1. The molecule has 4 saturated carbocycles. The molecule has 4 fully saturated rings. The van der Waals surface area contributed by atoms with Crippen LogP contribution in [0.15, 0.2) is 60.7 Å². The second-order valence-corrected chi connectivity index (χ2v) is 14.6. The van der Waals surface area contributed by atoms with Gasteiger partial charge in [0.05, 0.1) is 20.3 Å². The molecule has 4 aliphatic rings. The highest BCUT2D eigenvalue weighted by Crippen LogP contribution is 2.61. The van der Waals surface area contributed by atoms with Gasteiger partial charge in [-0.25, -0.2) is 0 Å². The molecule has 3 aromatic rings. The lowest BCUT2D eigenvalue weighted by atomic mass is 9.49. The SMILES string of the molecule is CCOP(=O)(OCC)C(Nc1ccc(CNC(=O)C23CC4CC(CC(C4)C2)C3)cc1)c1ccc2cc(OC)ccc2c1. The van der Waals surface area contributed by atoms with E-state index in [2.05, 4.69) is 10.6 Å². The van der Waals surface area contributed by atoms with Crippen LogP contribution in [0.1, 0.15) is 69.3 Å². The maximum atomic E-state index is 14.1. The average molecular weight is 591 g/mol. The smallest absolute Gasteiger partial charge is 0.357 e. The minimum Gasteiger partial charge on any atom is -0.497 e. The third kappa shape index (κ3) is 5.84. The second-order valence-electron chi connectivity index (χ2n) is 12.5. The standard InChI is InChI=1S/C34H43N2O5P/c1-4-40-42(38,41-5-2)32(29-9-8-28-18-31(39-3)13-10-27(28)17-29)36-30-11-6-23(7-12-30)22-35-33(37)34-19-24-14-25(20-34)16-26(15-24)21-34/h6-13,17-18,24-26,32,36H,4-5,14-16,19-22H2,1-3H3,(H,35,37). The van der Waals surface area contributed by atoms with Crippen LogP contribution >= 0.6 is 7.60 Å². The Morgan fingerprint density at radius 3 is 2.07 bits per heavy atom. The van der Waals surface area contributed by atoms with Gasteiger partial charge in [0.2, 0.25) is 5.91 Å². The number of nitrogens with one attached hydrogen (secondary N) is 2. The lowest BCUT2D eigenvalue weighted by Gasteiger charge is -2.55. The highest BCUT2D eigenvalue weighted by molar-refractivity contribution is 7.54. The van der Waals surface area contributed by atoms with Crippen LogP contribution in [0.5, 0.6) is 5.75 Å². The van der Waals surface area contributed by atoms with Crippen LogP contribution < -0.4 is 15.4 Å². The Kier molecular flexibility index (Phi) is 8.37. The fourth-order valence-electron chi connectivity index (χ4n) is 8.07. The lowest BCUT2D eigenvalue weighted by Crippen LogP contribution is -2.53. The molecule has 4 bridgehead atoms. The maximum absolute atomic E-state index is 14.1. The highest BCUT2D eigenvalue weighted by atomic mass is 31.2. The molecule has 0 aromatic heterocycles. The average Bonchev–Trinajstić information content (AvgIpc) is 2.98. The van der Waals surface area contributed by atoms with E-state index < -0.39 is 13.4 Å². The first-order chi connectivity index (χ1) is 20.3. The third-order valence-corrected chi connectivity index (χ3v) is 11.8. The van der Waals surface area contributed by atoms with E-state index in [0.717, 1.165) is 70.4 Å². The molecule has 42 heavy (non-hydrogen) atoms. The monoisotopic (exact) mass is 590 g/mol. The van der Waals surface area contributed by atoms with Gasteiger partial charge in [-0.05, 0) is 122 Å². The Balaban J connectivity index is 1.18. The van der Waals surface area contributed by atoms with Crippen LogP contribution in [0.25, 0.3) is 10.8 Å². The predicted octanol–water partition coefficient (Wildman–Crippen LogP) is 8.06. The number of anilines is 1. The molecular formula is C34H43N2O5P. The minimum absolute atomic E-state index is 0.145. The molecule has 1 amide bonds. The topological polar surface area (TPSA) is 85.9 Å². The molecule has 8 heteroatoms. The Bertz CT molecular complexity index is 1430. The number of fused-ring (bicyclic) bond motifs is 1. The van der Waals surface area contributed by atoms with E-state index in [1.54, 1.807) is 7.11 Å². The highest BCUT2D eigenvalue weighted by Gasteiger charge is 2.54. The number of hydrogen-bond acceptors (Lipinski definition) is 6. The Morgan fingerprint density at radius 2 is 1.48 bits per heavy atom. The summed E-state index contributed by atoms with van der Waals surface area (Å²) in [6, 6.07) is 19.8. The molecule has 224 valence electrons. The van der Waals surface area contributed by atoms with E-state index in [1.807, 2.05) is 74.5 Å². The molecule has 2 N–H and O–H groups in total. The van der Waals surface area contributed by atoms with Crippen LogP contribution in [0.4, 0.5) is 5.69 Å². The van der Waals surface area contributed by atoms with Gasteiger partial charge in [-0.2, -0.15) is 0 Å². The second kappa shape index (κ2) is 12.0. The molecule has 7 nitrogen and oxygen atoms in total. The van der Waals surface area contributed by atoms with Crippen molar-refractivity contribution in [2.75, 3.05) is 25.6 Å². The van der Waals surface area contributed by atoms with Crippen molar-refractivity contribution in [2.24, 2.45) is 23.2 Å². The lowest BCUT2D eigenvalue weighted by molar-refractivity contribution is -0.146. The number of hydrogen-bond donors (Lipinski definition) is 2. The van der Waals surface area contributed by atoms with E-state index in [1.165, 1.54) is 19.3 Å². The zero-order valence-electron chi connectivity index (χ0n) is 24.9. The number of rotatable bonds is 12. The van der Waals surface area contributed by atoms with E-state index in [4.69, 9.17) is 13.8 Å². The summed E-state index contributed by atoms with van der Waals surface area (Å²) in [5.74, 6) is 2.56. The summed E-state index contributed by atoms with van der Waals surface area (Å²) in [6.45, 7) is 4.68. The zero-order chi connectivity index (χ0) is 29.3. The molecule has 1 unspecified atom stereocenters. The summed E-state index contributed by atoms with van der Waals surface area (Å²) in [4.78, 5) is 13.4. The number of ether oxygens (including phenoxy) is 1. The zero-order valence-corrected chi connectivity index (χ0v) is 25.8. The van der Waals surface area contributed by atoms with Crippen molar-refractivity contribution >= 4 is 30.0 Å². The summed E-state index contributed by atoms with van der Waals surface area (Å²) in [5.41, 5.74) is 2.50. The van der Waals surface area contributed by atoms with Crippen molar-refractivity contribution < 1.29 is 23.1 Å². The van der Waals surface area contributed by atoms with Gasteiger partial charge in [0.15, 0.2) is 5.78 Å². The van der Waals surface area contributed by atoms with Gasteiger partial charge in [-0.3, -0.25) is 9.36 Å². The summed E-state index contributed by atoms with van der Waals surface area (Å²) >= 11 is 0. The number of carbonyl (C=O) groups is 1. The molecule has 0 heterocycles. The summed E-state index contributed by atoms with van der Waals surface area (Å²) in [5, 5.41) is 8.75. The molecule has 0 saturated heterocycles. The molecule has 1 atom stereocenters. The van der Waals surface area contributed by atoms with Gasteiger partial charge >= 0.3 is 7.60 Å². The Labute approximate surface area is 249 Å². The molecule has 3 aromatic carbocycles. The predicted molar refractivity (Wildman–Crippen MR) is 167 cm³/mol. The van der Waals surface area contributed by atoms with Gasteiger partial charge < -0.3 is 24.4 Å². The van der Waals surface area contributed by atoms with E-state index in [9.17, 15) is 9.36 Å². The number of amides is 1. The number of benzene rings is 3. The fourth-order valence-corrected chi connectivity index (χ4v) is 9.99. The van der Waals surface area contributed by atoms with Crippen LogP contribution in [0.2, 0.25) is 0 Å². The van der Waals surface area contributed by atoms with E-state index in [0.29, 0.717) is 6.54 Å².